The van der Waals surface area contributed by atoms with Crippen LogP contribution < -0.4 is 0 Å². The molecule has 0 bridgehead atoms. The molecular formula is C30H26MoN2O2. The van der Waals surface area contributed by atoms with Gasteiger partial charge in [0.1, 0.15) is 0 Å². The summed E-state index contributed by atoms with van der Waals surface area (Å²) in [5.74, 6) is 3.29. The summed E-state index contributed by atoms with van der Waals surface area (Å²) >= 11 is 0. The second-order valence-corrected chi connectivity index (χ2v) is 8.12. The number of pyridine rings is 2. The molecule has 1 saturated carbocycles. The van der Waals surface area contributed by atoms with E-state index in [-0.39, 0.29) is 21.1 Å². The number of benzene rings is 2. The molecule has 4 aromatic rings. The number of nitrogens with zero attached hydrogens (tertiary/aromatic N) is 2. The van der Waals surface area contributed by atoms with Crippen LogP contribution >= 0.6 is 0 Å². The summed E-state index contributed by atoms with van der Waals surface area (Å²) in [6.07, 6.45) is 11.8. The molecule has 0 spiro atoms. The minimum atomic E-state index is 0. The van der Waals surface area contributed by atoms with E-state index in [2.05, 4.69) is 79.0 Å². The molecule has 2 aromatic heterocycles. The van der Waals surface area contributed by atoms with Gasteiger partial charge in [-0.3, -0.25) is 6.79 Å². The number of para-hydroxylation sites is 2. The van der Waals surface area contributed by atoms with Crippen molar-refractivity contribution < 1.29 is 30.7 Å². The SMILES string of the molecule is C[C-]1CCC2C=CC=C[C@@H]12.[C-]=O.[CH-]=O.[Mo+3].c1ccc2nc(-c3ccc4ccccc4n3)ccc2c1. The Morgan fingerprint density at radius 2 is 1.26 bits per heavy atom. The molecule has 1 fully saturated rings. The van der Waals surface area contributed by atoms with Gasteiger partial charge in [0.2, 0.25) is 0 Å². The van der Waals surface area contributed by atoms with Gasteiger partial charge < -0.3 is 22.3 Å². The molecule has 2 radical (unpaired) electrons. The van der Waals surface area contributed by atoms with Crippen LogP contribution in [0.3, 0.4) is 0 Å². The topological polar surface area (TPSA) is 59.9 Å². The van der Waals surface area contributed by atoms with E-state index in [9.17, 15) is 0 Å². The molecule has 2 aromatic carbocycles. The number of aromatic nitrogens is 2. The van der Waals surface area contributed by atoms with Crippen LogP contribution in [0.5, 0.6) is 0 Å². The van der Waals surface area contributed by atoms with Gasteiger partial charge in [0.05, 0.1) is 22.4 Å². The van der Waals surface area contributed by atoms with Crippen molar-refractivity contribution in [2.45, 2.75) is 19.8 Å². The molecule has 6 rings (SSSR count). The van der Waals surface area contributed by atoms with Gasteiger partial charge in [-0.15, -0.1) is 12.0 Å². The van der Waals surface area contributed by atoms with Crippen LogP contribution in [0.2, 0.25) is 0 Å². The van der Waals surface area contributed by atoms with E-state index in [1.165, 1.54) is 12.8 Å². The Labute approximate surface area is 221 Å². The van der Waals surface area contributed by atoms with Crippen LogP contribution in [0.15, 0.2) is 97.1 Å². The van der Waals surface area contributed by atoms with E-state index in [1.807, 2.05) is 48.5 Å². The van der Waals surface area contributed by atoms with Crippen molar-refractivity contribution in [3.8, 4) is 11.4 Å². The quantitative estimate of drug-likeness (QED) is 0.156. The first-order chi connectivity index (χ1) is 16.8. The number of fused-ring (bicyclic) bond motifs is 3. The van der Waals surface area contributed by atoms with E-state index < -0.39 is 0 Å². The Bertz CT molecular complexity index is 1210. The summed E-state index contributed by atoms with van der Waals surface area (Å²) < 4.78 is 0. The third-order valence-corrected chi connectivity index (χ3v) is 6.15. The maximum atomic E-state index is 7.75. The number of hydrogen-bond donors (Lipinski definition) is 0. The summed E-state index contributed by atoms with van der Waals surface area (Å²) in [5.41, 5.74) is 3.82. The maximum absolute atomic E-state index is 7.75. The first-order valence-corrected chi connectivity index (χ1v) is 11.1. The van der Waals surface area contributed by atoms with E-state index in [0.29, 0.717) is 0 Å². The van der Waals surface area contributed by atoms with Crippen LogP contribution in [0.1, 0.15) is 19.8 Å². The minimum absolute atomic E-state index is 0. The minimum Gasteiger partial charge on any atom is -0.573 e. The third kappa shape index (κ3) is 6.90. The molecule has 1 unspecified atom stereocenters. The molecule has 0 N–H and O–H groups in total. The van der Waals surface area contributed by atoms with Crippen molar-refractivity contribution in [3.63, 3.8) is 0 Å². The van der Waals surface area contributed by atoms with Gasteiger partial charge in [0.25, 0.3) is 0 Å². The van der Waals surface area contributed by atoms with E-state index in [1.54, 1.807) is 5.92 Å². The molecule has 4 nitrogen and oxygen atoms in total. The molecule has 2 heterocycles. The molecule has 0 saturated heterocycles. The van der Waals surface area contributed by atoms with Crippen molar-refractivity contribution in [1.82, 2.24) is 9.97 Å². The van der Waals surface area contributed by atoms with Gasteiger partial charge in [-0.2, -0.15) is 13.3 Å². The number of allylic oxidation sites excluding steroid dienone is 4. The fourth-order valence-electron chi connectivity index (χ4n) is 4.44. The predicted molar refractivity (Wildman–Crippen MR) is 138 cm³/mol. The van der Waals surface area contributed by atoms with Crippen LogP contribution in [-0.2, 0) is 30.7 Å². The second kappa shape index (κ2) is 14.2. The third-order valence-electron chi connectivity index (χ3n) is 6.15. The maximum Gasteiger partial charge on any atom is 3.00 e. The zero-order chi connectivity index (χ0) is 24.3. The van der Waals surface area contributed by atoms with Gasteiger partial charge in [0, 0.05) is 10.8 Å². The molecule has 5 heteroatoms. The summed E-state index contributed by atoms with van der Waals surface area (Å²) in [5, 5.41) is 2.30. The Balaban J connectivity index is 0.000000244. The molecule has 35 heavy (non-hydrogen) atoms. The molecular weight excluding hydrogens is 516 g/mol. The number of carbonyl (C=O) groups excluding carboxylic acids is 2. The van der Waals surface area contributed by atoms with Crippen molar-refractivity contribution in [1.29, 1.82) is 0 Å². The van der Waals surface area contributed by atoms with Gasteiger partial charge in [-0.25, -0.2) is 9.97 Å². The fraction of sp³-hybridized carbons (Fsp3) is 0.167. The van der Waals surface area contributed by atoms with Crippen LogP contribution in [-0.4, -0.2) is 23.5 Å². The average molecular weight is 542 g/mol. The first kappa shape index (κ1) is 28.0. The van der Waals surface area contributed by atoms with Crippen molar-refractivity contribution in [3.05, 3.63) is 103 Å². The summed E-state index contributed by atoms with van der Waals surface area (Å²) in [6, 6.07) is 24.5. The largest absolute Gasteiger partial charge is 3.00 e. The molecule has 0 amide bonds. The van der Waals surface area contributed by atoms with Crippen LogP contribution in [0, 0.1) is 17.8 Å². The monoisotopic (exact) mass is 544 g/mol. The zero-order valence-corrected chi connectivity index (χ0v) is 21.5. The van der Waals surface area contributed by atoms with E-state index in [4.69, 9.17) is 9.59 Å². The molecule has 2 atom stereocenters. The van der Waals surface area contributed by atoms with Gasteiger partial charge in [0.15, 0.2) is 0 Å². The Kier molecular flexibility index (Phi) is 11.4. The zero-order valence-electron chi connectivity index (χ0n) is 19.5. The van der Waals surface area contributed by atoms with Gasteiger partial charge in [-0.05, 0) is 30.2 Å². The van der Waals surface area contributed by atoms with E-state index in [0.717, 1.165) is 45.0 Å². The average Bonchev–Trinajstić information content (AvgIpc) is 3.31. The smallest absolute Gasteiger partial charge is 0.573 e. The Morgan fingerprint density at radius 3 is 1.77 bits per heavy atom. The summed E-state index contributed by atoms with van der Waals surface area (Å²) in [6.45, 7) is 10.0. The number of hydrogen-bond acceptors (Lipinski definition) is 4. The van der Waals surface area contributed by atoms with Gasteiger partial charge >= 0.3 is 21.1 Å². The molecule has 2 aliphatic rings. The van der Waals surface area contributed by atoms with Crippen molar-refractivity contribution >= 4 is 35.4 Å². The first-order valence-electron chi connectivity index (χ1n) is 11.1. The Morgan fingerprint density at radius 1 is 0.771 bits per heavy atom. The van der Waals surface area contributed by atoms with E-state index >= 15 is 0 Å². The van der Waals surface area contributed by atoms with Crippen LogP contribution in [0.4, 0.5) is 0 Å². The summed E-state index contributed by atoms with van der Waals surface area (Å²) in [7, 11) is 0. The van der Waals surface area contributed by atoms with Crippen molar-refractivity contribution in [2.75, 3.05) is 0 Å². The van der Waals surface area contributed by atoms with Gasteiger partial charge in [-0.1, -0.05) is 73.2 Å². The van der Waals surface area contributed by atoms with Crippen molar-refractivity contribution in [2.24, 2.45) is 11.8 Å². The number of rotatable bonds is 1. The molecule has 0 aliphatic heterocycles. The fourth-order valence-corrected chi connectivity index (χ4v) is 4.44. The molecule has 174 valence electrons. The Hall–Kier alpha value is -3.23. The standard InChI is InChI=1S/C18H12N2.C10H13.CHO.CO.Mo/c1-3-7-15-13(5-1)9-11-17(19-15)18-12-10-14-6-2-4-8-16(14)20-18;1-8-6-7-9-4-2-3-5-10(8)9;2*1-2;/h1-12H;2-5,9-10H,6-7H2,1H3;1H;;/q;3*-1;+3/t;9?,10-;;;/m.0.../s1. The normalized spacial score (nSPS) is 17.5. The summed E-state index contributed by atoms with van der Waals surface area (Å²) in [4.78, 5) is 24.6. The second-order valence-electron chi connectivity index (χ2n) is 8.12. The predicted octanol–water partition coefficient (Wildman–Crippen LogP) is 6.51. The van der Waals surface area contributed by atoms with Crippen LogP contribution in [0.25, 0.3) is 33.2 Å². The molecule has 2 aliphatic carbocycles.